The summed E-state index contributed by atoms with van der Waals surface area (Å²) in [5, 5.41) is 7.69. The lowest BCUT2D eigenvalue weighted by molar-refractivity contribution is 0.205. The van der Waals surface area contributed by atoms with Gasteiger partial charge in [0.15, 0.2) is 0 Å². The lowest BCUT2D eigenvalue weighted by Crippen LogP contribution is -2.44. The summed E-state index contributed by atoms with van der Waals surface area (Å²) < 4.78 is 0. The summed E-state index contributed by atoms with van der Waals surface area (Å²) in [6.07, 6.45) is 3.54. The number of nitrogens with two attached hydrogens (primary N) is 1. The second-order valence-electron chi connectivity index (χ2n) is 6.77. The molecule has 2 aromatic rings. The minimum Gasteiger partial charge on any atom is -0.368 e. The van der Waals surface area contributed by atoms with Gasteiger partial charge in [0.2, 0.25) is 11.9 Å². The number of likely N-dealkylation sites (tertiary alicyclic amines) is 1. The Balaban J connectivity index is 1.32. The zero-order valence-corrected chi connectivity index (χ0v) is 14.4. The predicted octanol–water partition coefficient (Wildman–Crippen LogP) is 2.50. The van der Waals surface area contributed by atoms with Crippen molar-refractivity contribution >= 4 is 23.5 Å². The van der Waals surface area contributed by atoms with Crippen LogP contribution in [0, 0.1) is 0 Å². The van der Waals surface area contributed by atoms with Gasteiger partial charge in [-0.2, -0.15) is 4.98 Å². The second kappa shape index (κ2) is 6.61. The highest BCUT2D eigenvalue weighted by molar-refractivity contribution is 6.30. The Kier molecular flexibility index (Phi) is 4.33. The van der Waals surface area contributed by atoms with Crippen LogP contribution in [0.4, 0.5) is 11.9 Å². The van der Waals surface area contributed by atoms with Crippen LogP contribution in [0.2, 0.25) is 5.02 Å². The molecule has 0 bridgehead atoms. The average Bonchev–Trinajstić information content (AvgIpc) is 3.25. The number of hydrogen-bond donors (Lipinski definition) is 2. The number of halogens is 1. The molecule has 2 aliphatic rings. The SMILES string of the molecule is Nc1nc(N2CCC(N3CCC(c4ccc(Cl)cc4)C3)CC2)n[nH]1. The first-order valence-corrected chi connectivity index (χ1v) is 8.99. The number of nitrogen functional groups attached to an aromatic ring is 1. The van der Waals surface area contributed by atoms with Gasteiger partial charge in [-0.15, -0.1) is 5.10 Å². The molecule has 2 saturated heterocycles. The molecule has 24 heavy (non-hydrogen) atoms. The van der Waals surface area contributed by atoms with Crippen LogP contribution in [0.15, 0.2) is 24.3 Å². The van der Waals surface area contributed by atoms with Crippen LogP contribution in [0.1, 0.15) is 30.7 Å². The number of hydrogen-bond acceptors (Lipinski definition) is 5. The maximum absolute atomic E-state index is 6.00. The summed E-state index contributed by atoms with van der Waals surface area (Å²) in [6, 6.07) is 9.01. The fraction of sp³-hybridized carbons (Fsp3) is 0.529. The molecule has 1 unspecified atom stereocenters. The van der Waals surface area contributed by atoms with Crippen molar-refractivity contribution in [3.05, 3.63) is 34.9 Å². The smallest absolute Gasteiger partial charge is 0.246 e. The Morgan fingerprint density at radius 1 is 1.08 bits per heavy atom. The molecule has 0 radical (unpaired) electrons. The molecular formula is C17H23ClN6. The van der Waals surface area contributed by atoms with Gasteiger partial charge in [0, 0.05) is 30.7 Å². The summed E-state index contributed by atoms with van der Waals surface area (Å²) >= 11 is 6.00. The van der Waals surface area contributed by atoms with Crippen LogP contribution in [-0.2, 0) is 0 Å². The largest absolute Gasteiger partial charge is 0.368 e. The summed E-state index contributed by atoms with van der Waals surface area (Å²) in [5.41, 5.74) is 7.03. The van der Waals surface area contributed by atoms with Gasteiger partial charge in [0.05, 0.1) is 0 Å². The third kappa shape index (κ3) is 3.21. The van der Waals surface area contributed by atoms with Crippen LogP contribution in [0.25, 0.3) is 0 Å². The van der Waals surface area contributed by atoms with E-state index in [-0.39, 0.29) is 0 Å². The first kappa shape index (κ1) is 15.7. The van der Waals surface area contributed by atoms with E-state index in [1.165, 1.54) is 18.5 Å². The molecule has 3 heterocycles. The molecule has 2 fully saturated rings. The molecule has 4 rings (SSSR count). The van der Waals surface area contributed by atoms with Crippen molar-refractivity contribution in [3.63, 3.8) is 0 Å². The molecule has 6 nitrogen and oxygen atoms in total. The Morgan fingerprint density at radius 3 is 2.50 bits per heavy atom. The lowest BCUT2D eigenvalue weighted by Gasteiger charge is -2.36. The summed E-state index contributed by atoms with van der Waals surface area (Å²) in [5.74, 6) is 1.75. The molecule has 0 spiro atoms. The minimum absolute atomic E-state index is 0.387. The van der Waals surface area contributed by atoms with Crippen LogP contribution in [-0.4, -0.2) is 52.3 Å². The van der Waals surface area contributed by atoms with Crippen molar-refractivity contribution in [1.82, 2.24) is 20.1 Å². The molecular weight excluding hydrogens is 324 g/mol. The van der Waals surface area contributed by atoms with Crippen molar-refractivity contribution in [2.45, 2.75) is 31.2 Å². The van der Waals surface area contributed by atoms with E-state index in [1.54, 1.807) is 0 Å². The zero-order valence-electron chi connectivity index (χ0n) is 13.7. The average molecular weight is 347 g/mol. The van der Waals surface area contributed by atoms with Gasteiger partial charge in [0.1, 0.15) is 0 Å². The van der Waals surface area contributed by atoms with Crippen molar-refractivity contribution in [3.8, 4) is 0 Å². The summed E-state index contributed by atoms with van der Waals surface area (Å²) in [4.78, 5) is 9.10. The Morgan fingerprint density at radius 2 is 1.83 bits per heavy atom. The maximum Gasteiger partial charge on any atom is 0.246 e. The number of H-pyrrole nitrogens is 1. The third-order valence-electron chi connectivity index (χ3n) is 5.32. The first-order chi connectivity index (χ1) is 11.7. The lowest BCUT2D eigenvalue weighted by atomic mass is 9.98. The van der Waals surface area contributed by atoms with Crippen LogP contribution < -0.4 is 10.6 Å². The van der Waals surface area contributed by atoms with Gasteiger partial charge in [-0.3, -0.25) is 4.90 Å². The topological polar surface area (TPSA) is 74.1 Å². The van der Waals surface area contributed by atoms with Gasteiger partial charge >= 0.3 is 0 Å². The quantitative estimate of drug-likeness (QED) is 0.893. The number of piperidine rings is 1. The highest BCUT2D eigenvalue weighted by Crippen LogP contribution is 2.31. The van der Waals surface area contributed by atoms with E-state index >= 15 is 0 Å². The highest BCUT2D eigenvalue weighted by atomic mass is 35.5. The zero-order chi connectivity index (χ0) is 16.5. The molecule has 1 aromatic carbocycles. The number of nitrogens with one attached hydrogen (secondary N) is 1. The van der Waals surface area contributed by atoms with Crippen molar-refractivity contribution < 1.29 is 0 Å². The minimum atomic E-state index is 0.387. The van der Waals surface area contributed by atoms with Crippen molar-refractivity contribution in [2.75, 3.05) is 36.8 Å². The first-order valence-electron chi connectivity index (χ1n) is 8.61. The number of aromatic nitrogens is 3. The number of rotatable bonds is 3. The molecule has 128 valence electrons. The van der Waals surface area contributed by atoms with E-state index in [0.717, 1.165) is 43.4 Å². The standard InChI is InChI=1S/C17H23ClN6/c18-14-3-1-12(2-4-14)13-5-8-24(11-13)15-6-9-23(10-7-15)17-20-16(19)21-22-17/h1-4,13,15H,5-11H2,(H3,19,20,21,22). The summed E-state index contributed by atoms with van der Waals surface area (Å²) in [6.45, 7) is 4.32. The molecule has 0 saturated carbocycles. The monoisotopic (exact) mass is 346 g/mol. The van der Waals surface area contributed by atoms with Crippen molar-refractivity contribution in [1.29, 1.82) is 0 Å². The third-order valence-corrected chi connectivity index (χ3v) is 5.57. The van der Waals surface area contributed by atoms with E-state index in [4.69, 9.17) is 17.3 Å². The van der Waals surface area contributed by atoms with Gasteiger partial charge in [-0.25, -0.2) is 5.10 Å². The normalized spacial score (nSPS) is 23.0. The number of nitrogens with zero attached hydrogens (tertiary/aromatic N) is 4. The number of anilines is 2. The Bertz CT molecular complexity index is 677. The second-order valence-corrected chi connectivity index (χ2v) is 7.21. The van der Waals surface area contributed by atoms with Gasteiger partial charge in [0.25, 0.3) is 0 Å². The number of benzene rings is 1. The molecule has 2 aliphatic heterocycles. The van der Waals surface area contributed by atoms with E-state index in [0.29, 0.717) is 17.9 Å². The Labute approximate surface area is 147 Å². The molecule has 1 aromatic heterocycles. The summed E-state index contributed by atoms with van der Waals surface area (Å²) in [7, 11) is 0. The maximum atomic E-state index is 6.00. The molecule has 3 N–H and O–H groups in total. The van der Waals surface area contributed by atoms with Crippen LogP contribution in [0.5, 0.6) is 0 Å². The van der Waals surface area contributed by atoms with Gasteiger partial charge in [-0.1, -0.05) is 23.7 Å². The van der Waals surface area contributed by atoms with Crippen LogP contribution in [0.3, 0.4) is 0 Å². The van der Waals surface area contributed by atoms with Gasteiger partial charge in [-0.05, 0) is 49.4 Å². The van der Waals surface area contributed by atoms with E-state index < -0.39 is 0 Å². The van der Waals surface area contributed by atoms with Gasteiger partial charge < -0.3 is 10.6 Å². The van der Waals surface area contributed by atoms with E-state index in [1.807, 2.05) is 12.1 Å². The molecule has 0 aliphatic carbocycles. The molecule has 7 heteroatoms. The van der Waals surface area contributed by atoms with E-state index in [9.17, 15) is 0 Å². The highest BCUT2D eigenvalue weighted by Gasteiger charge is 2.31. The van der Waals surface area contributed by atoms with E-state index in [2.05, 4.69) is 37.1 Å². The molecule has 1 atom stereocenters. The van der Waals surface area contributed by atoms with Crippen molar-refractivity contribution in [2.24, 2.45) is 0 Å². The molecule has 0 amide bonds. The Hall–Kier alpha value is -1.79. The number of aromatic amines is 1. The fourth-order valence-corrected chi connectivity index (χ4v) is 4.09. The predicted molar refractivity (Wildman–Crippen MR) is 96.4 cm³/mol. The van der Waals surface area contributed by atoms with Crippen LogP contribution >= 0.6 is 11.6 Å². The fourth-order valence-electron chi connectivity index (χ4n) is 3.96.